The number of hydrogen-bond donors (Lipinski definition) is 2. The highest BCUT2D eigenvalue weighted by Gasteiger charge is 2.32. The lowest BCUT2D eigenvalue weighted by atomic mass is 9.83. The molecular weight excluding hydrogens is 264 g/mol. The average Bonchev–Trinajstić information content (AvgIpc) is 2.87. The van der Waals surface area contributed by atoms with Gasteiger partial charge in [0, 0.05) is 25.6 Å². The van der Waals surface area contributed by atoms with Crippen molar-refractivity contribution in [2.75, 3.05) is 26.3 Å². The monoisotopic (exact) mass is 290 g/mol. The molecule has 1 aliphatic heterocycles. The molecule has 0 aromatic rings. The maximum absolute atomic E-state index is 11.9. The summed E-state index contributed by atoms with van der Waals surface area (Å²) < 4.78 is 5.36. The van der Waals surface area contributed by atoms with Gasteiger partial charge < -0.3 is 15.4 Å². The Labute approximate surface area is 122 Å². The maximum atomic E-state index is 11.9. The SMILES string of the molecule is CCC1(CNC(=O)CC2COCCN2)CCCC1.Cl. The van der Waals surface area contributed by atoms with E-state index in [0.717, 1.165) is 19.7 Å². The summed E-state index contributed by atoms with van der Waals surface area (Å²) in [6.45, 7) is 5.38. The zero-order valence-corrected chi connectivity index (χ0v) is 12.7. The molecule has 5 heteroatoms. The second kappa shape index (κ2) is 8.08. The van der Waals surface area contributed by atoms with Gasteiger partial charge in [-0.1, -0.05) is 19.8 Å². The Bertz CT molecular complexity index is 275. The molecule has 2 fully saturated rings. The van der Waals surface area contributed by atoms with Crippen molar-refractivity contribution < 1.29 is 9.53 Å². The van der Waals surface area contributed by atoms with Crippen LogP contribution >= 0.6 is 12.4 Å². The predicted octanol–water partition coefficient (Wildman–Crippen LogP) is 1.87. The summed E-state index contributed by atoms with van der Waals surface area (Å²) >= 11 is 0. The molecule has 2 aliphatic rings. The summed E-state index contributed by atoms with van der Waals surface area (Å²) in [5, 5.41) is 6.44. The first kappa shape index (κ1) is 16.7. The molecule has 0 aromatic heterocycles. The first-order valence-corrected chi connectivity index (χ1v) is 7.32. The van der Waals surface area contributed by atoms with Crippen molar-refractivity contribution in [3.05, 3.63) is 0 Å². The van der Waals surface area contributed by atoms with Gasteiger partial charge in [-0.3, -0.25) is 4.79 Å². The van der Waals surface area contributed by atoms with Crippen LogP contribution in [0.4, 0.5) is 0 Å². The van der Waals surface area contributed by atoms with E-state index in [9.17, 15) is 4.79 Å². The summed E-state index contributed by atoms with van der Waals surface area (Å²) in [5.74, 6) is 0.165. The van der Waals surface area contributed by atoms with Gasteiger partial charge in [0.05, 0.1) is 13.2 Å². The Morgan fingerprint density at radius 2 is 2.16 bits per heavy atom. The molecule has 112 valence electrons. The van der Waals surface area contributed by atoms with Crippen LogP contribution in [-0.2, 0) is 9.53 Å². The Kier molecular flexibility index (Phi) is 7.11. The Hall–Kier alpha value is -0.320. The smallest absolute Gasteiger partial charge is 0.221 e. The molecule has 1 heterocycles. The van der Waals surface area contributed by atoms with Gasteiger partial charge in [-0.05, 0) is 24.7 Å². The molecule has 1 saturated heterocycles. The number of morpholine rings is 1. The standard InChI is InChI=1S/C14H26N2O2.ClH/c1-2-14(5-3-4-6-14)11-16-13(17)9-12-10-18-8-7-15-12;/h12,15H,2-11H2,1H3,(H,16,17);1H. The van der Waals surface area contributed by atoms with Crippen LogP contribution < -0.4 is 10.6 Å². The molecular formula is C14H27ClN2O2. The fraction of sp³-hybridized carbons (Fsp3) is 0.929. The van der Waals surface area contributed by atoms with Gasteiger partial charge >= 0.3 is 0 Å². The first-order chi connectivity index (χ1) is 8.74. The third-order valence-corrected chi connectivity index (χ3v) is 4.51. The average molecular weight is 291 g/mol. The molecule has 1 aliphatic carbocycles. The van der Waals surface area contributed by atoms with Crippen LogP contribution in [0.1, 0.15) is 45.4 Å². The lowest BCUT2D eigenvalue weighted by molar-refractivity contribution is -0.122. The van der Waals surface area contributed by atoms with Crippen LogP contribution in [0.2, 0.25) is 0 Å². The van der Waals surface area contributed by atoms with Crippen molar-refractivity contribution in [3.8, 4) is 0 Å². The molecule has 19 heavy (non-hydrogen) atoms. The van der Waals surface area contributed by atoms with Gasteiger partial charge in [-0.2, -0.15) is 0 Å². The van der Waals surface area contributed by atoms with Gasteiger partial charge in [-0.15, -0.1) is 12.4 Å². The van der Waals surface area contributed by atoms with Crippen molar-refractivity contribution in [1.29, 1.82) is 0 Å². The number of carbonyl (C=O) groups excluding carboxylic acids is 1. The Balaban J connectivity index is 0.00000180. The van der Waals surface area contributed by atoms with Crippen molar-refractivity contribution >= 4 is 18.3 Å². The molecule has 1 saturated carbocycles. The number of carbonyl (C=O) groups is 1. The van der Waals surface area contributed by atoms with E-state index in [1.165, 1.54) is 32.1 Å². The van der Waals surface area contributed by atoms with Crippen molar-refractivity contribution in [2.24, 2.45) is 5.41 Å². The van der Waals surface area contributed by atoms with Crippen molar-refractivity contribution in [3.63, 3.8) is 0 Å². The highest BCUT2D eigenvalue weighted by molar-refractivity contribution is 5.85. The Morgan fingerprint density at radius 1 is 1.42 bits per heavy atom. The second-order valence-corrected chi connectivity index (χ2v) is 5.77. The van der Waals surface area contributed by atoms with Gasteiger partial charge in [0.25, 0.3) is 0 Å². The molecule has 1 atom stereocenters. The van der Waals surface area contributed by atoms with E-state index >= 15 is 0 Å². The number of amides is 1. The predicted molar refractivity (Wildman–Crippen MR) is 78.7 cm³/mol. The molecule has 0 radical (unpaired) electrons. The molecule has 0 bridgehead atoms. The molecule has 2 N–H and O–H groups in total. The van der Waals surface area contributed by atoms with Gasteiger partial charge in [0.15, 0.2) is 0 Å². The van der Waals surface area contributed by atoms with Crippen LogP contribution in [0.5, 0.6) is 0 Å². The minimum Gasteiger partial charge on any atom is -0.378 e. The minimum atomic E-state index is 0. The third kappa shape index (κ3) is 4.93. The van der Waals surface area contributed by atoms with Crippen molar-refractivity contribution in [1.82, 2.24) is 10.6 Å². The van der Waals surface area contributed by atoms with E-state index in [0.29, 0.717) is 18.4 Å². The zero-order chi connectivity index (χ0) is 12.8. The lowest BCUT2D eigenvalue weighted by Crippen LogP contribution is -2.45. The highest BCUT2D eigenvalue weighted by Crippen LogP contribution is 2.40. The topological polar surface area (TPSA) is 50.4 Å². The second-order valence-electron chi connectivity index (χ2n) is 5.77. The first-order valence-electron chi connectivity index (χ1n) is 7.32. The maximum Gasteiger partial charge on any atom is 0.221 e. The van der Waals surface area contributed by atoms with Gasteiger partial charge in [-0.25, -0.2) is 0 Å². The summed E-state index contributed by atoms with van der Waals surface area (Å²) in [4.78, 5) is 11.9. The van der Waals surface area contributed by atoms with E-state index in [-0.39, 0.29) is 24.4 Å². The minimum absolute atomic E-state index is 0. The summed E-state index contributed by atoms with van der Waals surface area (Å²) in [7, 11) is 0. The normalized spacial score (nSPS) is 25.6. The van der Waals surface area contributed by atoms with Gasteiger partial charge in [0.2, 0.25) is 5.91 Å². The van der Waals surface area contributed by atoms with Crippen LogP contribution in [0.3, 0.4) is 0 Å². The fourth-order valence-corrected chi connectivity index (χ4v) is 3.11. The van der Waals surface area contributed by atoms with Gasteiger partial charge in [0.1, 0.15) is 0 Å². The van der Waals surface area contributed by atoms with Crippen LogP contribution in [0, 0.1) is 5.41 Å². The molecule has 0 aromatic carbocycles. The summed E-state index contributed by atoms with van der Waals surface area (Å²) in [5.41, 5.74) is 0.381. The van der Waals surface area contributed by atoms with E-state index in [1.807, 2.05) is 0 Å². The van der Waals surface area contributed by atoms with E-state index in [2.05, 4.69) is 17.6 Å². The molecule has 4 nitrogen and oxygen atoms in total. The van der Waals surface area contributed by atoms with Crippen LogP contribution in [0.15, 0.2) is 0 Å². The van der Waals surface area contributed by atoms with Crippen LogP contribution in [-0.4, -0.2) is 38.3 Å². The number of halogens is 1. The lowest BCUT2D eigenvalue weighted by Gasteiger charge is -2.28. The number of nitrogens with one attached hydrogen (secondary N) is 2. The van der Waals surface area contributed by atoms with Crippen LogP contribution in [0.25, 0.3) is 0 Å². The van der Waals surface area contributed by atoms with E-state index < -0.39 is 0 Å². The van der Waals surface area contributed by atoms with E-state index in [4.69, 9.17) is 4.74 Å². The Morgan fingerprint density at radius 3 is 2.74 bits per heavy atom. The number of rotatable bonds is 5. The third-order valence-electron chi connectivity index (χ3n) is 4.51. The number of hydrogen-bond acceptors (Lipinski definition) is 3. The molecule has 1 amide bonds. The quantitative estimate of drug-likeness (QED) is 0.813. The molecule has 0 spiro atoms. The van der Waals surface area contributed by atoms with E-state index in [1.54, 1.807) is 0 Å². The number of ether oxygens (including phenoxy) is 1. The molecule has 2 rings (SSSR count). The largest absolute Gasteiger partial charge is 0.378 e. The highest BCUT2D eigenvalue weighted by atomic mass is 35.5. The summed E-state index contributed by atoms with van der Waals surface area (Å²) in [6.07, 6.45) is 6.91. The fourth-order valence-electron chi connectivity index (χ4n) is 3.11. The summed E-state index contributed by atoms with van der Waals surface area (Å²) in [6, 6.07) is 0.194. The molecule has 1 unspecified atom stereocenters. The zero-order valence-electron chi connectivity index (χ0n) is 11.9. The van der Waals surface area contributed by atoms with Crippen molar-refractivity contribution in [2.45, 2.75) is 51.5 Å².